The Morgan fingerprint density at radius 3 is 1.05 bits per heavy atom. The SMILES string of the molecule is C1=CC2=C(CC1)c1ccccc1C21c2ccccc2-c2cc(-c3cc(-c4ccc5c(c4)-c4ccccc4C54c5ccccc5-c5ccccc54)nc(-c4ccc5c(c4)C4(c6ccccc6-c6ccccc64)c4ccccc4-5)n3)ccc21. The Morgan fingerprint density at radius 2 is 0.593 bits per heavy atom. The molecule has 19 rings (SSSR count). The zero-order valence-electron chi connectivity index (χ0n) is 44.2. The van der Waals surface area contributed by atoms with Gasteiger partial charge in [-0.3, -0.25) is 0 Å². The van der Waals surface area contributed by atoms with Gasteiger partial charge in [-0.05, 0) is 171 Å². The largest absolute Gasteiger partial charge is 0.228 e. The Balaban J connectivity index is 0.846. The molecule has 0 N–H and O–H groups in total. The highest BCUT2D eigenvalue weighted by molar-refractivity contribution is 6.00. The second kappa shape index (κ2) is 15.6. The lowest BCUT2D eigenvalue weighted by atomic mass is 9.69. The molecular formula is C79H48N2. The minimum Gasteiger partial charge on any atom is -0.228 e. The van der Waals surface area contributed by atoms with E-state index in [1.807, 2.05) is 0 Å². The van der Waals surface area contributed by atoms with E-state index < -0.39 is 10.8 Å². The Kier molecular flexibility index (Phi) is 8.47. The Hall–Kier alpha value is -10.0. The quantitative estimate of drug-likeness (QED) is 0.176. The molecule has 3 spiro atoms. The summed E-state index contributed by atoms with van der Waals surface area (Å²) in [5.74, 6) is 0.705. The van der Waals surface area contributed by atoms with Gasteiger partial charge in [-0.15, -0.1) is 0 Å². The highest BCUT2D eigenvalue weighted by Gasteiger charge is 2.55. The van der Waals surface area contributed by atoms with Crippen molar-refractivity contribution < 1.29 is 0 Å². The van der Waals surface area contributed by atoms with Crippen LogP contribution in [-0.4, -0.2) is 9.97 Å². The summed E-state index contributed by atoms with van der Waals surface area (Å²) in [5.41, 5.74) is 35.3. The lowest BCUT2D eigenvalue weighted by molar-refractivity contribution is 0.780. The van der Waals surface area contributed by atoms with Crippen molar-refractivity contribution >= 4 is 5.57 Å². The first kappa shape index (κ1) is 43.9. The third-order valence-corrected chi connectivity index (χ3v) is 19.8. The van der Waals surface area contributed by atoms with E-state index in [2.05, 4.69) is 267 Å². The fraction of sp³-hybridized carbons (Fsp3) is 0.0633. The van der Waals surface area contributed by atoms with Gasteiger partial charge in [0.05, 0.1) is 27.6 Å². The van der Waals surface area contributed by atoms with Crippen LogP contribution in [0.5, 0.6) is 0 Å². The van der Waals surface area contributed by atoms with Gasteiger partial charge >= 0.3 is 0 Å². The van der Waals surface area contributed by atoms with Crippen LogP contribution < -0.4 is 0 Å². The summed E-state index contributed by atoms with van der Waals surface area (Å²) in [6.07, 6.45) is 6.94. The van der Waals surface area contributed by atoms with E-state index >= 15 is 0 Å². The Bertz CT molecular complexity index is 4800. The number of hydrogen-bond donors (Lipinski definition) is 0. The summed E-state index contributed by atoms with van der Waals surface area (Å²) in [6.45, 7) is 0. The van der Waals surface area contributed by atoms with Gasteiger partial charge < -0.3 is 0 Å². The lowest BCUT2D eigenvalue weighted by Gasteiger charge is -2.32. The first-order valence-electron chi connectivity index (χ1n) is 28.7. The van der Waals surface area contributed by atoms with Gasteiger partial charge in [0, 0.05) is 16.7 Å². The van der Waals surface area contributed by atoms with Crippen molar-refractivity contribution in [1.29, 1.82) is 0 Å². The monoisotopic (exact) mass is 1020 g/mol. The highest BCUT2D eigenvalue weighted by atomic mass is 14.9. The molecule has 0 saturated carbocycles. The normalized spacial score (nSPS) is 17.2. The van der Waals surface area contributed by atoms with Crippen molar-refractivity contribution in [3.8, 4) is 89.5 Å². The summed E-state index contributed by atoms with van der Waals surface area (Å²) >= 11 is 0. The molecule has 0 saturated heterocycles. The Morgan fingerprint density at radius 1 is 0.259 bits per heavy atom. The molecule has 2 nitrogen and oxygen atoms in total. The van der Waals surface area contributed by atoms with Gasteiger partial charge in [-0.1, -0.05) is 243 Å². The van der Waals surface area contributed by atoms with Gasteiger partial charge in [0.2, 0.25) is 0 Å². The van der Waals surface area contributed by atoms with Gasteiger partial charge in [0.15, 0.2) is 5.82 Å². The minimum absolute atomic E-state index is 0.386. The first-order chi connectivity index (χ1) is 40.2. The molecule has 1 aromatic heterocycles. The van der Waals surface area contributed by atoms with Gasteiger partial charge in [-0.2, -0.15) is 0 Å². The van der Waals surface area contributed by atoms with E-state index in [9.17, 15) is 0 Å². The maximum atomic E-state index is 5.73. The smallest absolute Gasteiger partial charge is 0.160 e. The molecule has 1 unspecified atom stereocenters. The summed E-state index contributed by atoms with van der Waals surface area (Å²) in [7, 11) is 0. The average Bonchev–Trinajstić information content (AvgIpc) is 4.15. The summed E-state index contributed by atoms with van der Waals surface area (Å²) in [6, 6.07) is 96.3. The molecule has 11 aromatic carbocycles. The van der Waals surface area contributed by atoms with Gasteiger partial charge in [-0.25, -0.2) is 9.97 Å². The minimum atomic E-state index is -0.499. The number of benzene rings is 11. The predicted molar refractivity (Wildman–Crippen MR) is 328 cm³/mol. The number of nitrogens with zero attached hydrogens (tertiary/aromatic N) is 2. The third kappa shape index (κ3) is 5.26. The molecule has 1 atom stereocenters. The van der Waals surface area contributed by atoms with E-state index in [1.165, 1.54) is 134 Å². The van der Waals surface area contributed by atoms with Gasteiger partial charge in [0.1, 0.15) is 0 Å². The molecule has 81 heavy (non-hydrogen) atoms. The van der Waals surface area contributed by atoms with Crippen LogP contribution in [0.25, 0.3) is 95.1 Å². The zero-order valence-corrected chi connectivity index (χ0v) is 44.2. The van der Waals surface area contributed by atoms with Crippen LogP contribution in [0.15, 0.2) is 273 Å². The van der Waals surface area contributed by atoms with E-state index in [0.717, 1.165) is 40.9 Å². The van der Waals surface area contributed by atoms with E-state index in [4.69, 9.17) is 9.97 Å². The van der Waals surface area contributed by atoms with E-state index in [-0.39, 0.29) is 5.41 Å². The van der Waals surface area contributed by atoms with Crippen molar-refractivity contribution in [3.05, 3.63) is 339 Å². The molecule has 7 aliphatic carbocycles. The standard InChI is InChI=1S/C79H48N2/c1-10-28-62-50(19-1)51-20-2-11-29-63(51)77(62)69-35-17-8-26-57(69)60-43-47(38-41-71(60)77)74-46-75(48-39-42-72-61(44-48)58-27-9-18-36-70(58)78(72)64-30-12-3-21-52(64)53-22-4-13-31-65(53)78)81-76(80-74)49-37-40-59-56-25-7-16-34-68(56)79(73(59)45-49)66-32-14-5-23-54(66)55-24-6-15-33-67(55)79/h1-3,5-21,23-46H,4,22H2. The van der Waals surface area contributed by atoms with Crippen molar-refractivity contribution in [3.63, 3.8) is 0 Å². The number of hydrogen-bond acceptors (Lipinski definition) is 2. The second-order valence-corrected chi connectivity index (χ2v) is 23.2. The molecule has 12 aromatic rings. The molecule has 0 aliphatic heterocycles. The van der Waals surface area contributed by atoms with Crippen molar-refractivity contribution in [2.24, 2.45) is 0 Å². The number of aromatic nitrogens is 2. The van der Waals surface area contributed by atoms with Crippen LogP contribution >= 0.6 is 0 Å². The average molecular weight is 1030 g/mol. The summed E-state index contributed by atoms with van der Waals surface area (Å²) < 4.78 is 0. The van der Waals surface area contributed by atoms with Crippen LogP contribution in [0.3, 0.4) is 0 Å². The molecule has 1 heterocycles. The molecule has 0 bridgehead atoms. The molecule has 374 valence electrons. The summed E-state index contributed by atoms with van der Waals surface area (Å²) in [4.78, 5) is 11.5. The van der Waals surface area contributed by atoms with Crippen LogP contribution in [0.4, 0.5) is 0 Å². The van der Waals surface area contributed by atoms with Crippen LogP contribution in [0.1, 0.15) is 79.6 Å². The molecule has 0 radical (unpaired) electrons. The van der Waals surface area contributed by atoms with E-state index in [0.29, 0.717) is 5.82 Å². The van der Waals surface area contributed by atoms with Gasteiger partial charge in [0.25, 0.3) is 0 Å². The molecular weight excluding hydrogens is 977 g/mol. The van der Waals surface area contributed by atoms with Crippen molar-refractivity contribution in [1.82, 2.24) is 9.97 Å². The molecule has 0 amide bonds. The maximum Gasteiger partial charge on any atom is 0.160 e. The second-order valence-electron chi connectivity index (χ2n) is 23.2. The predicted octanol–water partition coefficient (Wildman–Crippen LogP) is 18.6. The molecule has 7 aliphatic rings. The van der Waals surface area contributed by atoms with Crippen molar-refractivity contribution in [2.75, 3.05) is 0 Å². The topological polar surface area (TPSA) is 25.8 Å². The maximum absolute atomic E-state index is 5.73. The van der Waals surface area contributed by atoms with Crippen molar-refractivity contribution in [2.45, 2.75) is 29.1 Å². The van der Waals surface area contributed by atoms with Crippen LogP contribution in [-0.2, 0) is 16.2 Å². The summed E-state index contributed by atoms with van der Waals surface area (Å²) in [5, 5.41) is 0. The lowest BCUT2D eigenvalue weighted by Crippen LogP contribution is -2.27. The number of rotatable bonds is 3. The first-order valence-corrected chi connectivity index (χ1v) is 28.7. The number of allylic oxidation sites excluding steroid dienone is 4. The molecule has 2 heteroatoms. The fourth-order valence-corrected chi connectivity index (χ4v) is 16.9. The van der Waals surface area contributed by atoms with Crippen LogP contribution in [0.2, 0.25) is 0 Å². The number of fused-ring (bicyclic) bond motifs is 29. The highest BCUT2D eigenvalue weighted by Crippen LogP contribution is 2.66. The third-order valence-electron chi connectivity index (χ3n) is 19.8. The fourth-order valence-electron chi connectivity index (χ4n) is 16.9. The van der Waals surface area contributed by atoms with Crippen LogP contribution in [0, 0.1) is 0 Å². The zero-order chi connectivity index (χ0) is 52.8. The Labute approximate surface area is 470 Å². The molecule has 0 fully saturated rings. The van der Waals surface area contributed by atoms with E-state index in [1.54, 1.807) is 0 Å².